The fourth-order valence-corrected chi connectivity index (χ4v) is 2.67. The number of likely N-dealkylation sites (tertiary alicyclic amines) is 1. The Balaban J connectivity index is 1.94. The van der Waals surface area contributed by atoms with Gasteiger partial charge in [0.05, 0.1) is 11.0 Å². The normalized spacial score (nSPS) is 20.4. The van der Waals surface area contributed by atoms with Crippen LogP contribution in [0.15, 0.2) is 24.3 Å². The van der Waals surface area contributed by atoms with Crippen molar-refractivity contribution in [2.45, 2.75) is 31.8 Å². The van der Waals surface area contributed by atoms with Crippen molar-refractivity contribution in [2.75, 3.05) is 25.5 Å². The van der Waals surface area contributed by atoms with Crippen LogP contribution in [0, 0.1) is 10.1 Å². The number of nitro groups is 1. The topological polar surface area (TPSA) is 87.5 Å². The van der Waals surface area contributed by atoms with Crippen molar-refractivity contribution < 1.29 is 9.72 Å². The van der Waals surface area contributed by atoms with E-state index in [4.69, 9.17) is 0 Å². The first-order chi connectivity index (χ1) is 10.5. The molecule has 0 bridgehead atoms. The number of nitrogens with one attached hydrogen (secondary N) is 2. The van der Waals surface area contributed by atoms with Crippen LogP contribution in [0.4, 0.5) is 11.4 Å². The molecule has 2 atom stereocenters. The zero-order chi connectivity index (χ0) is 16.1. The molecule has 1 fully saturated rings. The SMILES string of the molecule is CNC1CCCN(C(C)C(=O)Nc2ccc([N+](=O)[O-])cc2)C1. The number of hydrogen-bond acceptors (Lipinski definition) is 5. The minimum atomic E-state index is -0.458. The summed E-state index contributed by atoms with van der Waals surface area (Å²) in [6.07, 6.45) is 2.20. The number of amides is 1. The number of non-ortho nitro benzene ring substituents is 1. The maximum atomic E-state index is 12.3. The Morgan fingerprint density at radius 3 is 2.68 bits per heavy atom. The van der Waals surface area contributed by atoms with Gasteiger partial charge in [-0.2, -0.15) is 0 Å². The van der Waals surface area contributed by atoms with Crippen molar-refractivity contribution >= 4 is 17.3 Å². The molecule has 2 rings (SSSR count). The van der Waals surface area contributed by atoms with Gasteiger partial charge in [-0.3, -0.25) is 19.8 Å². The van der Waals surface area contributed by atoms with Gasteiger partial charge in [-0.15, -0.1) is 0 Å². The summed E-state index contributed by atoms with van der Waals surface area (Å²) >= 11 is 0. The molecule has 1 heterocycles. The Morgan fingerprint density at radius 1 is 1.41 bits per heavy atom. The highest BCUT2D eigenvalue weighted by atomic mass is 16.6. The number of likely N-dealkylation sites (N-methyl/N-ethyl adjacent to an activating group) is 1. The molecule has 2 unspecified atom stereocenters. The molecule has 1 aliphatic heterocycles. The molecule has 1 saturated heterocycles. The first-order valence-electron chi connectivity index (χ1n) is 7.48. The van der Waals surface area contributed by atoms with Gasteiger partial charge in [0.25, 0.3) is 5.69 Å². The molecule has 0 radical (unpaired) electrons. The van der Waals surface area contributed by atoms with Crippen LogP contribution in [0.2, 0.25) is 0 Å². The highest BCUT2D eigenvalue weighted by Gasteiger charge is 2.26. The van der Waals surface area contributed by atoms with Gasteiger partial charge in [-0.25, -0.2) is 0 Å². The van der Waals surface area contributed by atoms with Gasteiger partial charge in [0.15, 0.2) is 0 Å². The molecule has 0 aromatic heterocycles. The fourth-order valence-electron chi connectivity index (χ4n) is 2.67. The number of anilines is 1. The van der Waals surface area contributed by atoms with E-state index in [1.165, 1.54) is 12.1 Å². The highest BCUT2D eigenvalue weighted by Crippen LogP contribution is 2.17. The predicted molar refractivity (Wildman–Crippen MR) is 84.8 cm³/mol. The summed E-state index contributed by atoms with van der Waals surface area (Å²) < 4.78 is 0. The van der Waals surface area contributed by atoms with Crippen molar-refractivity contribution in [1.29, 1.82) is 0 Å². The molecular weight excluding hydrogens is 284 g/mol. The lowest BCUT2D eigenvalue weighted by Crippen LogP contribution is -2.51. The summed E-state index contributed by atoms with van der Waals surface area (Å²) in [6.45, 7) is 3.65. The summed E-state index contributed by atoms with van der Waals surface area (Å²) in [7, 11) is 1.94. The van der Waals surface area contributed by atoms with Gasteiger partial charge in [0, 0.05) is 30.4 Å². The van der Waals surface area contributed by atoms with Crippen LogP contribution in [0.1, 0.15) is 19.8 Å². The molecule has 0 aliphatic carbocycles. The molecular formula is C15H22N4O3. The average molecular weight is 306 g/mol. The molecule has 7 heteroatoms. The summed E-state index contributed by atoms with van der Waals surface area (Å²) in [6, 6.07) is 6.07. The second-order valence-corrected chi connectivity index (χ2v) is 5.59. The highest BCUT2D eigenvalue weighted by molar-refractivity contribution is 5.94. The Bertz CT molecular complexity index is 532. The van der Waals surface area contributed by atoms with E-state index in [-0.39, 0.29) is 17.6 Å². The number of carbonyl (C=O) groups is 1. The summed E-state index contributed by atoms with van der Waals surface area (Å²) in [5, 5.41) is 16.7. The molecule has 1 aliphatic rings. The predicted octanol–water partition coefficient (Wildman–Crippen LogP) is 1.61. The lowest BCUT2D eigenvalue weighted by Gasteiger charge is -2.35. The molecule has 22 heavy (non-hydrogen) atoms. The summed E-state index contributed by atoms with van der Waals surface area (Å²) in [4.78, 5) is 24.6. The number of hydrogen-bond donors (Lipinski definition) is 2. The molecule has 1 aromatic rings. The Labute approximate surface area is 129 Å². The summed E-state index contributed by atoms with van der Waals surface area (Å²) in [5.74, 6) is -0.0920. The van der Waals surface area contributed by atoms with Crippen molar-refractivity contribution in [1.82, 2.24) is 10.2 Å². The van der Waals surface area contributed by atoms with Crippen LogP contribution in [-0.4, -0.2) is 48.0 Å². The van der Waals surface area contributed by atoms with Crippen molar-refractivity contribution in [3.63, 3.8) is 0 Å². The van der Waals surface area contributed by atoms with Crippen molar-refractivity contribution in [3.8, 4) is 0 Å². The van der Waals surface area contributed by atoms with Gasteiger partial charge in [0.2, 0.25) is 5.91 Å². The van der Waals surface area contributed by atoms with Gasteiger partial charge in [-0.05, 0) is 45.5 Å². The van der Waals surface area contributed by atoms with Crippen molar-refractivity contribution in [2.24, 2.45) is 0 Å². The molecule has 0 spiro atoms. The maximum Gasteiger partial charge on any atom is 0.269 e. The van der Waals surface area contributed by atoms with Gasteiger partial charge >= 0.3 is 0 Å². The Morgan fingerprint density at radius 2 is 2.09 bits per heavy atom. The van der Waals surface area contributed by atoms with Crippen LogP contribution < -0.4 is 10.6 Å². The number of nitro benzene ring substituents is 1. The van der Waals surface area contributed by atoms with Crippen LogP contribution in [-0.2, 0) is 4.79 Å². The van der Waals surface area contributed by atoms with E-state index in [2.05, 4.69) is 15.5 Å². The molecule has 1 aromatic carbocycles. The number of nitrogens with zero attached hydrogens (tertiary/aromatic N) is 2. The largest absolute Gasteiger partial charge is 0.325 e. The van der Waals surface area contributed by atoms with E-state index in [0.717, 1.165) is 25.9 Å². The first-order valence-corrected chi connectivity index (χ1v) is 7.48. The first kappa shape index (κ1) is 16.4. The smallest absolute Gasteiger partial charge is 0.269 e. The summed E-state index contributed by atoms with van der Waals surface area (Å²) in [5.41, 5.74) is 0.587. The van der Waals surface area contributed by atoms with Gasteiger partial charge < -0.3 is 10.6 Å². The van der Waals surface area contributed by atoms with Crippen LogP contribution >= 0.6 is 0 Å². The van der Waals surface area contributed by atoms with Crippen LogP contribution in [0.3, 0.4) is 0 Å². The second-order valence-electron chi connectivity index (χ2n) is 5.59. The lowest BCUT2D eigenvalue weighted by atomic mass is 10.0. The standard InChI is InChI=1S/C15H22N4O3/c1-11(18-9-3-4-13(10-18)16-2)15(20)17-12-5-7-14(8-6-12)19(21)22/h5-8,11,13,16H,3-4,9-10H2,1-2H3,(H,17,20). The van der Waals surface area contributed by atoms with Gasteiger partial charge in [-0.1, -0.05) is 0 Å². The van der Waals surface area contributed by atoms with E-state index >= 15 is 0 Å². The third kappa shape index (κ3) is 4.02. The van der Waals surface area contributed by atoms with E-state index in [9.17, 15) is 14.9 Å². The molecule has 1 amide bonds. The molecule has 7 nitrogen and oxygen atoms in total. The van der Waals surface area contributed by atoms with E-state index in [1.807, 2.05) is 14.0 Å². The van der Waals surface area contributed by atoms with E-state index < -0.39 is 4.92 Å². The number of piperidine rings is 1. The van der Waals surface area contributed by atoms with Gasteiger partial charge in [0.1, 0.15) is 0 Å². The number of rotatable bonds is 5. The van der Waals surface area contributed by atoms with Crippen LogP contribution in [0.5, 0.6) is 0 Å². The third-order valence-corrected chi connectivity index (χ3v) is 4.13. The zero-order valence-corrected chi connectivity index (χ0v) is 12.9. The third-order valence-electron chi connectivity index (χ3n) is 4.13. The average Bonchev–Trinajstić information content (AvgIpc) is 2.54. The van der Waals surface area contributed by atoms with E-state index in [1.54, 1.807) is 12.1 Å². The quantitative estimate of drug-likeness (QED) is 0.637. The maximum absolute atomic E-state index is 12.3. The zero-order valence-electron chi connectivity index (χ0n) is 12.9. The fraction of sp³-hybridized carbons (Fsp3) is 0.533. The molecule has 120 valence electrons. The number of carbonyl (C=O) groups excluding carboxylic acids is 1. The van der Waals surface area contributed by atoms with Crippen LogP contribution in [0.25, 0.3) is 0 Å². The number of benzene rings is 1. The monoisotopic (exact) mass is 306 g/mol. The lowest BCUT2D eigenvalue weighted by molar-refractivity contribution is -0.384. The minimum Gasteiger partial charge on any atom is -0.325 e. The van der Waals surface area contributed by atoms with Crippen molar-refractivity contribution in [3.05, 3.63) is 34.4 Å². The Hall–Kier alpha value is -1.99. The molecule has 2 N–H and O–H groups in total. The van der Waals surface area contributed by atoms with E-state index in [0.29, 0.717) is 11.7 Å². The second kappa shape index (κ2) is 7.33. The molecule has 0 saturated carbocycles. The Kier molecular flexibility index (Phi) is 5.46. The minimum absolute atomic E-state index is 0.0129.